The summed E-state index contributed by atoms with van der Waals surface area (Å²) in [5.41, 5.74) is 0. The van der Waals surface area contributed by atoms with Crippen LogP contribution in [0.2, 0.25) is 0 Å². The van der Waals surface area contributed by atoms with Gasteiger partial charge in [0.1, 0.15) is 6.54 Å². The van der Waals surface area contributed by atoms with Gasteiger partial charge in [-0.3, -0.25) is 4.84 Å². The number of carbonyl (C=O) groups excluding carboxylic acids is 1. The lowest BCUT2D eigenvalue weighted by molar-refractivity contribution is -0.126. The average Bonchev–Trinajstić information content (AvgIpc) is 1.97. The Labute approximate surface area is 67.2 Å². The Bertz CT molecular complexity index is 159. The van der Waals surface area contributed by atoms with Crippen LogP contribution in [0.4, 0.5) is 18.0 Å². The van der Waals surface area contributed by atoms with E-state index in [-0.39, 0.29) is 0 Å². The molecular formula is C5H9F3N2O2. The lowest BCUT2D eigenvalue weighted by Crippen LogP contribution is -2.41. The summed E-state index contributed by atoms with van der Waals surface area (Å²) in [4.78, 5) is 14.9. The van der Waals surface area contributed by atoms with E-state index in [9.17, 15) is 18.0 Å². The molecule has 0 bridgehead atoms. The second kappa shape index (κ2) is 4.15. The number of nitrogens with zero attached hydrogens (tertiary/aromatic N) is 1. The molecule has 0 heterocycles. The SMILES string of the molecule is CON(C)C(=O)NCC(F)(F)F. The molecule has 0 aromatic carbocycles. The van der Waals surface area contributed by atoms with E-state index in [1.165, 1.54) is 14.2 Å². The molecule has 4 nitrogen and oxygen atoms in total. The molecule has 0 radical (unpaired) electrons. The van der Waals surface area contributed by atoms with Gasteiger partial charge in [-0.25, -0.2) is 9.86 Å². The first kappa shape index (κ1) is 11.0. The Kier molecular flexibility index (Phi) is 3.81. The number of carbonyl (C=O) groups is 1. The zero-order valence-electron chi connectivity index (χ0n) is 6.60. The van der Waals surface area contributed by atoms with E-state index >= 15 is 0 Å². The van der Waals surface area contributed by atoms with Crippen molar-refractivity contribution in [3.63, 3.8) is 0 Å². The molecule has 0 saturated carbocycles. The summed E-state index contributed by atoms with van der Waals surface area (Å²) in [6, 6.07) is -0.935. The molecule has 2 amide bonds. The van der Waals surface area contributed by atoms with Gasteiger partial charge in [0.25, 0.3) is 0 Å². The molecule has 12 heavy (non-hydrogen) atoms. The Morgan fingerprint density at radius 3 is 2.42 bits per heavy atom. The van der Waals surface area contributed by atoms with Crippen molar-refractivity contribution in [1.29, 1.82) is 0 Å². The Morgan fingerprint density at radius 1 is 1.58 bits per heavy atom. The van der Waals surface area contributed by atoms with Crippen molar-refractivity contribution in [1.82, 2.24) is 10.4 Å². The van der Waals surface area contributed by atoms with Gasteiger partial charge in [0.15, 0.2) is 0 Å². The fourth-order valence-electron chi connectivity index (χ4n) is 0.370. The molecular weight excluding hydrogens is 177 g/mol. The van der Waals surface area contributed by atoms with Crippen molar-refractivity contribution in [2.75, 3.05) is 20.7 Å². The summed E-state index contributed by atoms with van der Waals surface area (Å²) in [7, 11) is 2.37. The Balaban J connectivity index is 3.72. The van der Waals surface area contributed by atoms with E-state index in [1.807, 2.05) is 0 Å². The standard InChI is InChI=1S/C5H9F3N2O2/c1-10(12-2)4(11)9-3-5(6,7)8/h3H2,1-2H3,(H,9,11). The number of rotatable bonds is 2. The largest absolute Gasteiger partial charge is 0.405 e. The van der Waals surface area contributed by atoms with Crippen LogP contribution in [0, 0.1) is 0 Å². The van der Waals surface area contributed by atoms with Crippen LogP contribution in [0.5, 0.6) is 0 Å². The van der Waals surface area contributed by atoms with E-state index in [0.29, 0.717) is 5.06 Å². The van der Waals surface area contributed by atoms with Crippen LogP contribution in [-0.4, -0.2) is 38.0 Å². The number of amides is 2. The van der Waals surface area contributed by atoms with Crippen LogP contribution in [0.3, 0.4) is 0 Å². The average molecular weight is 186 g/mol. The third kappa shape index (κ3) is 4.78. The zero-order chi connectivity index (χ0) is 9.78. The number of nitrogens with one attached hydrogen (secondary N) is 1. The molecule has 0 aromatic rings. The summed E-state index contributed by atoms with van der Waals surface area (Å²) in [5.74, 6) is 0. The molecule has 0 saturated heterocycles. The van der Waals surface area contributed by atoms with Crippen LogP contribution in [0.15, 0.2) is 0 Å². The molecule has 0 rings (SSSR count). The minimum Gasteiger partial charge on any atom is -0.327 e. The quantitative estimate of drug-likeness (QED) is 0.646. The second-order valence-corrected chi connectivity index (χ2v) is 1.95. The molecule has 0 aliphatic rings. The first-order chi connectivity index (χ1) is 5.37. The van der Waals surface area contributed by atoms with Crippen LogP contribution in [0.1, 0.15) is 0 Å². The minimum atomic E-state index is -4.40. The lowest BCUT2D eigenvalue weighted by Gasteiger charge is -2.15. The third-order valence-electron chi connectivity index (χ3n) is 1.000. The van der Waals surface area contributed by atoms with Crippen LogP contribution in [-0.2, 0) is 4.84 Å². The van der Waals surface area contributed by atoms with Crippen LogP contribution in [0.25, 0.3) is 0 Å². The number of alkyl halides is 3. The Morgan fingerprint density at radius 2 is 2.08 bits per heavy atom. The maximum atomic E-state index is 11.5. The number of hydrogen-bond donors (Lipinski definition) is 1. The van der Waals surface area contributed by atoms with Crippen molar-refractivity contribution in [3.05, 3.63) is 0 Å². The van der Waals surface area contributed by atoms with Crippen molar-refractivity contribution in [2.24, 2.45) is 0 Å². The van der Waals surface area contributed by atoms with Crippen molar-refractivity contribution < 1.29 is 22.8 Å². The van der Waals surface area contributed by atoms with Crippen molar-refractivity contribution in [3.8, 4) is 0 Å². The van der Waals surface area contributed by atoms with E-state index in [1.54, 1.807) is 5.32 Å². The Hall–Kier alpha value is -0.980. The molecule has 72 valence electrons. The van der Waals surface area contributed by atoms with Gasteiger partial charge in [0.05, 0.1) is 7.11 Å². The maximum Gasteiger partial charge on any atom is 0.405 e. The normalized spacial score (nSPS) is 11.1. The highest BCUT2D eigenvalue weighted by Crippen LogP contribution is 2.12. The van der Waals surface area contributed by atoms with Gasteiger partial charge in [0.2, 0.25) is 0 Å². The molecule has 1 N–H and O–H groups in total. The molecule has 0 fully saturated rings. The van der Waals surface area contributed by atoms with Crippen molar-refractivity contribution in [2.45, 2.75) is 6.18 Å². The minimum absolute atomic E-state index is 0.658. The highest BCUT2D eigenvalue weighted by molar-refractivity contribution is 5.72. The van der Waals surface area contributed by atoms with E-state index in [4.69, 9.17) is 0 Å². The molecule has 0 aliphatic carbocycles. The van der Waals surface area contributed by atoms with Gasteiger partial charge < -0.3 is 5.32 Å². The number of halogens is 3. The van der Waals surface area contributed by atoms with E-state index < -0.39 is 18.8 Å². The monoisotopic (exact) mass is 186 g/mol. The first-order valence-electron chi connectivity index (χ1n) is 2.99. The smallest absolute Gasteiger partial charge is 0.327 e. The number of hydrogen-bond acceptors (Lipinski definition) is 2. The van der Waals surface area contributed by atoms with Gasteiger partial charge >= 0.3 is 12.2 Å². The number of hydroxylamine groups is 2. The van der Waals surface area contributed by atoms with E-state index in [0.717, 1.165) is 0 Å². The molecule has 7 heteroatoms. The van der Waals surface area contributed by atoms with Crippen LogP contribution < -0.4 is 5.32 Å². The molecule has 0 aromatic heterocycles. The number of urea groups is 1. The highest BCUT2D eigenvalue weighted by Gasteiger charge is 2.28. The summed E-state index contributed by atoms with van der Waals surface area (Å²) < 4.78 is 34.5. The zero-order valence-corrected chi connectivity index (χ0v) is 6.60. The van der Waals surface area contributed by atoms with E-state index in [2.05, 4.69) is 4.84 Å². The van der Waals surface area contributed by atoms with Gasteiger partial charge in [0, 0.05) is 7.05 Å². The highest BCUT2D eigenvalue weighted by atomic mass is 19.4. The second-order valence-electron chi connectivity index (χ2n) is 1.95. The van der Waals surface area contributed by atoms with Gasteiger partial charge in [-0.05, 0) is 0 Å². The summed E-state index contributed by atoms with van der Waals surface area (Å²) in [6.07, 6.45) is -4.40. The summed E-state index contributed by atoms with van der Waals surface area (Å²) in [5, 5.41) is 2.27. The third-order valence-corrected chi connectivity index (χ3v) is 1.000. The first-order valence-corrected chi connectivity index (χ1v) is 2.99. The summed E-state index contributed by atoms with van der Waals surface area (Å²) >= 11 is 0. The lowest BCUT2D eigenvalue weighted by atomic mass is 10.6. The molecule has 0 aliphatic heterocycles. The molecule has 0 spiro atoms. The van der Waals surface area contributed by atoms with Gasteiger partial charge in [-0.15, -0.1) is 0 Å². The molecule has 0 atom stereocenters. The predicted octanol–water partition coefficient (Wildman–Crippen LogP) is 0.751. The topological polar surface area (TPSA) is 41.6 Å². The van der Waals surface area contributed by atoms with Gasteiger partial charge in [-0.2, -0.15) is 13.2 Å². The van der Waals surface area contributed by atoms with Gasteiger partial charge in [-0.1, -0.05) is 0 Å². The molecule has 0 unspecified atom stereocenters. The summed E-state index contributed by atoms with van der Waals surface area (Å²) in [6.45, 7) is -1.36. The fraction of sp³-hybridized carbons (Fsp3) is 0.800. The van der Waals surface area contributed by atoms with Crippen LogP contribution >= 0.6 is 0 Å². The maximum absolute atomic E-state index is 11.5. The fourth-order valence-corrected chi connectivity index (χ4v) is 0.370. The van der Waals surface area contributed by atoms with Crippen molar-refractivity contribution >= 4 is 6.03 Å². The predicted molar refractivity (Wildman–Crippen MR) is 34.2 cm³/mol.